The van der Waals surface area contributed by atoms with Crippen molar-refractivity contribution in [2.45, 2.75) is 13.0 Å². The van der Waals surface area contributed by atoms with E-state index in [1.807, 2.05) is 54.1 Å². The molecule has 0 aliphatic carbocycles. The van der Waals surface area contributed by atoms with E-state index in [2.05, 4.69) is 5.32 Å². The van der Waals surface area contributed by atoms with Crippen molar-refractivity contribution >= 4 is 11.5 Å². The Balaban J connectivity index is 1.75. The second-order valence-corrected chi connectivity index (χ2v) is 7.78. The molecule has 0 saturated carbocycles. The maximum Gasteiger partial charge on any atom is 0.269 e. The molecule has 1 unspecified atom stereocenters. The smallest absolute Gasteiger partial charge is 0.269 e. The topological polar surface area (TPSA) is 91.4 Å². The predicted molar refractivity (Wildman–Crippen MR) is 125 cm³/mol. The zero-order chi connectivity index (χ0) is 23.1. The normalized spacial score (nSPS) is 14.1. The summed E-state index contributed by atoms with van der Waals surface area (Å²) in [5.41, 5.74) is 5.67. The number of fused-ring (bicyclic) bond motifs is 3. The second-order valence-electron chi connectivity index (χ2n) is 7.78. The molecule has 33 heavy (non-hydrogen) atoms. The molecule has 0 fully saturated rings. The van der Waals surface area contributed by atoms with Gasteiger partial charge < -0.3 is 14.8 Å². The number of aromatic nitrogens is 2. The van der Waals surface area contributed by atoms with E-state index in [4.69, 9.17) is 14.6 Å². The minimum absolute atomic E-state index is 0.0490. The quantitative estimate of drug-likeness (QED) is 0.334. The van der Waals surface area contributed by atoms with Crippen LogP contribution in [0.15, 0.2) is 66.7 Å². The number of para-hydroxylation sites is 1. The highest BCUT2D eigenvalue weighted by Crippen LogP contribution is 2.49. The first kappa shape index (κ1) is 20.6. The van der Waals surface area contributed by atoms with E-state index < -0.39 is 4.92 Å². The molecule has 2 heterocycles. The van der Waals surface area contributed by atoms with Gasteiger partial charge in [-0.05, 0) is 60.0 Å². The van der Waals surface area contributed by atoms with Crippen LogP contribution in [0, 0.1) is 17.0 Å². The summed E-state index contributed by atoms with van der Waals surface area (Å²) < 4.78 is 13.0. The number of hydrogen-bond acceptors (Lipinski definition) is 6. The van der Waals surface area contributed by atoms with Crippen molar-refractivity contribution in [1.29, 1.82) is 0 Å². The van der Waals surface area contributed by atoms with Crippen molar-refractivity contribution < 1.29 is 14.4 Å². The lowest BCUT2D eigenvalue weighted by molar-refractivity contribution is -0.384. The van der Waals surface area contributed by atoms with Crippen molar-refractivity contribution in [3.05, 3.63) is 93.7 Å². The lowest BCUT2D eigenvalue weighted by Crippen LogP contribution is -2.20. The molecule has 0 spiro atoms. The third-order valence-electron chi connectivity index (χ3n) is 5.92. The molecule has 166 valence electrons. The van der Waals surface area contributed by atoms with Crippen LogP contribution in [0.25, 0.3) is 16.8 Å². The van der Waals surface area contributed by atoms with Crippen LogP contribution in [-0.2, 0) is 0 Å². The molecular weight excluding hydrogens is 420 g/mol. The van der Waals surface area contributed by atoms with Crippen molar-refractivity contribution in [3.63, 3.8) is 0 Å². The molecule has 8 heteroatoms. The van der Waals surface area contributed by atoms with E-state index in [-0.39, 0.29) is 11.7 Å². The number of anilines is 1. The number of hydrogen-bond donors (Lipinski definition) is 1. The van der Waals surface area contributed by atoms with Crippen LogP contribution >= 0.6 is 0 Å². The number of non-ortho nitro benzene ring substituents is 1. The van der Waals surface area contributed by atoms with Crippen LogP contribution in [0.2, 0.25) is 0 Å². The minimum atomic E-state index is -0.397. The number of nitro groups is 1. The molecule has 1 atom stereocenters. The Morgan fingerprint density at radius 1 is 1.00 bits per heavy atom. The first-order chi connectivity index (χ1) is 16.0. The summed E-state index contributed by atoms with van der Waals surface area (Å²) in [6, 6.07) is 20.1. The van der Waals surface area contributed by atoms with Gasteiger partial charge in [-0.1, -0.05) is 18.2 Å². The highest BCUT2D eigenvalue weighted by Gasteiger charge is 2.32. The first-order valence-electron chi connectivity index (χ1n) is 10.4. The van der Waals surface area contributed by atoms with Crippen LogP contribution in [0.4, 0.5) is 11.5 Å². The molecule has 4 aromatic rings. The van der Waals surface area contributed by atoms with E-state index in [0.29, 0.717) is 11.5 Å². The van der Waals surface area contributed by atoms with Gasteiger partial charge in [0.2, 0.25) is 0 Å². The van der Waals surface area contributed by atoms with Crippen molar-refractivity contribution in [1.82, 2.24) is 9.78 Å². The van der Waals surface area contributed by atoms with E-state index >= 15 is 0 Å². The van der Waals surface area contributed by atoms with Gasteiger partial charge in [0.25, 0.3) is 5.69 Å². The van der Waals surface area contributed by atoms with Crippen LogP contribution in [0.3, 0.4) is 0 Å². The summed E-state index contributed by atoms with van der Waals surface area (Å²) in [7, 11) is 3.21. The van der Waals surface area contributed by atoms with Crippen LogP contribution in [0.1, 0.15) is 22.9 Å². The van der Waals surface area contributed by atoms with E-state index in [1.54, 1.807) is 26.4 Å². The number of nitrogens with zero attached hydrogens (tertiary/aromatic N) is 3. The zero-order valence-electron chi connectivity index (χ0n) is 18.4. The highest BCUT2D eigenvalue weighted by atomic mass is 16.6. The summed E-state index contributed by atoms with van der Waals surface area (Å²) in [6.45, 7) is 1.98. The van der Waals surface area contributed by atoms with Crippen LogP contribution < -0.4 is 14.8 Å². The van der Waals surface area contributed by atoms with E-state index in [1.165, 1.54) is 12.1 Å². The van der Waals surface area contributed by atoms with Gasteiger partial charge in [-0.15, -0.1) is 0 Å². The SMILES string of the molecule is COc1cc2c(cc1OC)C(c1ccc([N+](=O)[O-])cc1)Nc1c-2c(C)nn1-c1ccccc1. The third kappa shape index (κ3) is 3.36. The maximum absolute atomic E-state index is 11.2. The summed E-state index contributed by atoms with van der Waals surface area (Å²) in [6.07, 6.45) is 0. The Hall–Kier alpha value is -4.33. The monoisotopic (exact) mass is 442 g/mol. The molecule has 0 radical (unpaired) electrons. The van der Waals surface area contributed by atoms with E-state index in [0.717, 1.165) is 39.5 Å². The minimum Gasteiger partial charge on any atom is -0.493 e. The number of benzene rings is 3. The Morgan fingerprint density at radius 3 is 2.30 bits per heavy atom. The van der Waals surface area contributed by atoms with Gasteiger partial charge in [-0.2, -0.15) is 5.10 Å². The lowest BCUT2D eigenvalue weighted by atomic mass is 9.87. The number of aryl methyl sites for hydroxylation is 1. The van der Waals surface area contributed by atoms with Crippen molar-refractivity contribution in [2.24, 2.45) is 0 Å². The fourth-order valence-corrected chi connectivity index (χ4v) is 4.35. The molecule has 0 amide bonds. The van der Waals surface area contributed by atoms with Crippen molar-refractivity contribution in [2.75, 3.05) is 19.5 Å². The zero-order valence-corrected chi connectivity index (χ0v) is 18.4. The molecular formula is C25H22N4O4. The lowest BCUT2D eigenvalue weighted by Gasteiger charge is -2.30. The molecule has 1 aromatic heterocycles. The van der Waals surface area contributed by atoms with Crippen LogP contribution in [-0.4, -0.2) is 28.9 Å². The molecule has 1 N–H and O–H groups in total. The van der Waals surface area contributed by atoms with Gasteiger partial charge in [0.05, 0.1) is 36.6 Å². The molecule has 5 rings (SSSR count). The van der Waals surface area contributed by atoms with Gasteiger partial charge in [0, 0.05) is 17.7 Å². The van der Waals surface area contributed by atoms with Gasteiger partial charge in [-0.3, -0.25) is 10.1 Å². The molecule has 1 aliphatic rings. The molecule has 0 bridgehead atoms. The Bertz CT molecular complexity index is 1350. The molecule has 3 aromatic carbocycles. The largest absolute Gasteiger partial charge is 0.493 e. The first-order valence-corrected chi connectivity index (χ1v) is 10.4. The molecule has 8 nitrogen and oxygen atoms in total. The summed E-state index contributed by atoms with van der Waals surface area (Å²) >= 11 is 0. The Labute approximate surface area is 190 Å². The van der Waals surface area contributed by atoms with Gasteiger partial charge >= 0.3 is 0 Å². The summed E-state index contributed by atoms with van der Waals surface area (Å²) in [4.78, 5) is 10.8. The number of nitrogens with one attached hydrogen (secondary N) is 1. The number of ether oxygens (including phenoxy) is 2. The molecule has 0 saturated heterocycles. The fourth-order valence-electron chi connectivity index (χ4n) is 4.35. The average molecular weight is 442 g/mol. The van der Waals surface area contributed by atoms with Gasteiger partial charge in [0.1, 0.15) is 5.82 Å². The number of nitro benzene ring substituents is 1. The van der Waals surface area contributed by atoms with E-state index in [9.17, 15) is 10.1 Å². The third-order valence-corrected chi connectivity index (χ3v) is 5.92. The predicted octanol–water partition coefficient (Wildman–Crippen LogP) is 5.29. The Morgan fingerprint density at radius 2 is 1.67 bits per heavy atom. The van der Waals surface area contributed by atoms with Gasteiger partial charge in [-0.25, -0.2) is 4.68 Å². The van der Waals surface area contributed by atoms with Crippen LogP contribution in [0.5, 0.6) is 11.5 Å². The van der Waals surface area contributed by atoms with Crippen molar-refractivity contribution in [3.8, 4) is 28.3 Å². The number of methoxy groups -OCH3 is 2. The number of rotatable bonds is 5. The highest BCUT2D eigenvalue weighted by molar-refractivity contribution is 5.87. The fraction of sp³-hybridized carbons (Fsp3) is 0.160. The van der Waals surface area contributed by atoms with Gasteiger partial charge in [0.15, 0.2) is 11.5 Å². The summed E-state index contributed by atoms with van der Waals surface area (Å²) in [5.74, 6) is 2.08. The Kier molecular flexibility index (Phi) is 4.97. The average Bonchev–Trinajstić information content (AvgIpc) is 3.19. The standard InChI is InChI=1S/C25H22N4O4/c1-15-23-19-13-21(32-2)22(33-3)14-20(19)24(16-9-11-18(12-10-16)29(30)31)26-25(23)28(27-15)17-7-5-4-6-8-17/h4-14,24,26H,1-3H3. The second kappa shape index (κ2) is 7.98. The summed E-state index contributed by atoms with van der Waals surface area (Å²) in [5, 5.41) is 19.6. The maximum atomic E-state index is 11.2. The molecule has 1 aliphatic heterocycles.